The van der Waals surface area contributed by atoms with Crippen molar-refractivity contribution in [1.29, 1.82) is 0 Å². The van der Waals surface area contributed by atoms with E-state index in [1.54, 1.807) is 9.80 Å². The first-order valence-corrected chi connectivity index (χ1v) is 16.8. The molecular formula is C38H45N3O6. The van der Waals surface area contributed by atoms with Crippen LogP contribution in [0.15, 0.2) is 72.8 Å². The zero-order valence-corrected chi connectivity index (χ0v) is 27.6. The van der Waals surface area contributed by atoms with Crippen LogP contribution in [-0.4, -0.2) is 72.4 Å². The number of anilines is 2. The molecule has 2 atom stereocenters. The van der Waals surface area contributed by atoms with Crippen LogP contribution in [0.2, 0.25) is 0 Å². The van der Waals surface area contributed by atoms with Crippen LogP contribution in [-0.2, 0) is 14.3 Å². The van der Waals surface area contributed by atoms with Gasteiger partial charge in [0.2, 0.25) is 5.91 Å². The highest BCUT2D eigenvalue weighted by Crippen LogP contribution is 2.43. The number of benzene rings is 3. The zero-order chi connectivity index (χ0) is 33.1. The largest absolute Gasteiger partial charge is 0.482 e. The fourth-order valence-electron chi connectivity index (χ4n) is 6.67. The molecule has 3 aromatic rings. The quantitative estimate of drug-likeness (QED) is 0.273. The van der Waals surface area contributed by atoms with Gasteiger partial charge in [0.15, 0.2) is 6.61 Å². The van der Waals surface area contributed by atoms with Gasteiger partial charge in [0.1, 0.15) is 11.4 Å². The number of likely N-dealkylation sites (tertiary alicyclic amines) is 1. The smallest absolute Gasteiger partial charge is 0.410 e. The van der Waals surface area contributed by atoms with E-state index in [9.17, 15) is 19.5 Å². The number of fused-ring (bicyclic) bond motifs is 1. The number of carbonyl (C=O) groups is 3. The number of rotatable bonds is 9. The first-order valence-electron chi connectivity index (χ1n) is 16.8. The van der Waals surface area contributed by atoms with E-state index in [4.69, 9.17) is 9.47 Å². The second-order valence-corrected chi connectivity index (χ2v) is 13.8. The number of piperidine rings is 1. The third kappa shape index (κ3) is 7.46. The Hall–Kier alpha value is -4.37. The molecule has 6 rings (SSSR count). The standard InChI is InChI=1S/C38H45N3O6/c1-38(2,3)47-37(45)39-20-18-31(28-13-9-12-27(22-28)26-10-5-4-6-11-26)32(24-39)36(44)41(29-14-15-29)30-16-17-34-33(23-30)40(19-7-8-21-42)35(43)25-46-34/h4-6,9-13,16-17,22-23,29,31-32,42H,7-8,14-15,18-21,24-25H2,1-3H3/t31-,32?/m1/s1. The highest BCUT2D eigenvalue weighted by Gasteiger charge is 2.44. The topological polar surface area (TPSA) is 99.6 Å². The fourth-order valence-corrected chi connectivity index (χ4v) is 6.67. The maximum atomic E-state index is 14.9. The molecule has 3 aromatic carbocycles. The van der Waals surface area contributed by atoms with E-state index >= 15 is 0 Å². The number of aliphatic hydroxyl groups is 1. The molecule has 0 aromatic heterocycles. The van der Waals surface area contributed by atoms with Gasteiger partial charge < -0.3 is 29.3 Å². The Morgan fingerprint density at radius 2 is 1.72 bits per heavy atom. The van der Waals surface area contributed by atoms with E-state index < -0.39 is 17.6 Å². The first kappa shape index (κ1) is 32.6. The van der Waals surface area contributed by atoms with Crippen LogP contribution in [0.5, 0.6) is 5.75 Å². The second kappa shape index (κ2) is 13.8. The van der Waals surface area contributed by atoms with E-state index in [1.807, 2.05) is 68.1 Å². The van der Waals surface area contributed by atoms with Crippen LogP contribution >= 0.6 is 0 Å². The lowest BCUT2D eigenvalue weighted by atomic mass is 9.79. The molecule has 3 amide bonds. The fraction of sp³-hybridized carbons (Fsp3) is 0.447. The van der Waals surface area contributed by atoms with Crippen LogP contribution in [0.25, 0.3) is 11.1 Å². The van der Waals surface area contributed by atoms with Crippen LogP contribution in [0.1, 0.15) is 64.4 Å². The summed E-state index contributed by atoms with van der Waals surface area (Å²) in [5, 5.41) is 9.31. The van der Waals surface area contributed by atoms with Gasteiger partial charge in [-0.15, -0.1) is 0 Å². The molecule has 1 unspecified atom stereocenters. The molecule has 1 saturated carbocycles. The Labute approximate surface area is 277 Å². The third-order valence-corrected chi connectivity index (χ3v) is 9.11. The maximum absolute atomic E-state index is 14.9. The summed E-state index contributed by atoms with van der Waals surface area (Å²) in [5.74, 6) is -0.188. The summed E-state index contributed by atoms with van der Waals surface area (Å²) >= 11 is 0. The molecule has 3 aliphatic rings. The summed E-state index contributed by atoms with van der Waals surface area (Å²) in [5.41, 5.74) is 3.97. The van der Waals surface area contributed by atoms with Crippen molar-refractivity contribution in [2.24, 2.45) is 5.92 Å². The van der Waals surface area contributed by atoms with E-state index in [1.165, 1.54) is 0 Å². The third-order valence-electron chi connectivity index (χ3n) is 9.11. The number of hydrogen-bond acceptors (Lipinski definition) is 6. The normalized spacial score (nSPS) is 19.5. The van der Waals surface area contributed by atoms with Crippen molar-refractivity contribution in [3.05, 3.63) is 78.4 Å². The minimum Gasteiger partial charge on any atom is -0.482 e. The number of ether oxygens (including phenoxy) is 2. The van der Waals surface area contributed by atoms with Crippen molar-refractivity contribution < 1.29 is 29.0 Å². The lowest BCUT2D eigenvalue weighted by molar-refractivity contribution is -0.124. The first-order chi connectivity index (χ1) is 22.6. The SMILES string of the molecule is CC(C)(C)OC(=O)N1CC[C@H](c2cccc(-c3ccccc3)c2)C(C(=O)N(c2ccc3c(c2)N(CCCCO)C(=O)CO3)C2CC2)C1. The van der Waals surface area contributed by atoms with E-state index in [2.05, 4.69) is 30.3 Å². The van der Waals surface area contributed by atoms with Crippen molar-refractivity contribution in [2.45, 2.75) is 70.4 Å². The van der Waals surface area contributed by atoms with Gasteiger partial charge in [0, 0.05) is 38.0 Å². The molecule has 47 heavy (non-hydrogen) atoms. The van der Waals surface area contributed by atoms with E-state index in [0.717, 1.165) is 29.5 Å². The monoisotopic (exact) mass is 639 g/mol. The molecule has 1 saturated heterocycles. The molecule has 9 nitrogen and oxygen atoms in total. The predicted octanol–water partition coefficient (Wildman–Crippen LogP) is 6.39. The van der Waals surface area contributed by atoms with E-state index in [0.29, 0.717) is 49.5 Å². The Morgan fingerprint density at radius 1 is 0.957 bits per heavy atom. The van der Waals surface area contributed by atoms with Crippen molar-refractivity contribution in [2.75, 3.05) is 42.6 Å². The van der Waals surface area contributed by atoms with Crippen LogP contribution in [0.4, 0.5) is 16.2 Å². The number of nitrogens with zero attached hydrogens (tertiary/aromatic N) is 3. The molecule has 9 heteroatoms. The Bertz CT molecular complexity index is 1600. The number of aliphatic hydroxyl groups excluding tert-OH is 1. The number of amides is 3. The van der Waals surface area contributed by atoms with E-state index in [-0.39, 0.29) is 43.5 Å². The number of carbonyl (C=O) groups excluding carboxylic acids is 3. The maximum Gasteiger partial charge on any atom is 0.410 e. The summed E-state index contributed by atoms with van der Waals surface area (Å²) in [6, 6.07) is 24.3. The molecule has 1 N–H and O–H groups in total. The molecule has 2 heterocycles. The summed E-state index contributed by atoms with van der Waals surface area (Å²) in [6.45, 7) is 6.77. The molecule has 0 spiro atoms. The van der Waals surface area contributed by atoms with Crippen molar-refractivity contribution in [3.63, 3.8) is 0 Å². The number of hydrogen-bond donors (Lipinski definition) is 1. The van der Waals surface area contributed by atoms with Gasteiger partial charge in [-0.25, -0.2) is 4.79 Å². The molecule has 2 fully saturated rings. The summed E-state index contributed by atoms with van der Waals surface area (Å²) in [7, 11) is 0. The Kier molecular flexibility index (Phi) is 9.55. The van der Waals surface area contributed by atoms with Crippen molar-refractivity contribution >= 4 is 29.3 Å². The summed E-state index contributed by atoms with van der Waals surface area (Å²) in [4.78, 5) is 46.4. The minimum absolute atomic E-state index is 0.0364. The molecule has 0 bridgehead atoms. The average molecular weight is 640 g/mol. The molecule has 1 aliphatic carbocycles. The lowest BCUT2D eigenvalue weighted by Gasteiger charge is -2.41. The van der Waals surface area contributed by atoms with Gasteiger partial charge in [0.05, 0.1) is 11.6 Å². The van der Waals surface area contributed by atoms with Crippen LogP contribution in [0, 0.1) is 5.92 Å². The average Bonchev–Trinajstić information content (AvgIpc) is 3.90. The minimum atomic E-state index is -0.650. The van der Waals surface area contributed by atoms with Gasteiger partial charge in [0.25, 0.3) is 5.91 Å². The van der Waals surface area contributed by atoms with Crippen LogP contribution in [0.3, 0.4) is 0 Å². The van der Waals surface area contributed by atoms with Gasteiger partial charge in [-0.3, -0.25) is 9.59 Å². The van der Waals surface area contributed by atoms with Gasteiger partial charge in [-0.1, -0.05) is 54.6 Å². The highest BCUT2D eigenvalue weighted by atomic mass is 16.6. The molecular weight excluding hydrogens is 594 g/mol. The summed E-state index contributed by atoms with van der Waals surface area (Å²) < 4.78 is 11.5. The molecule has 0 radical (unpaired) electrons. The highest BCUT2D eigenvalue weighted by molar-refractivity contribution is 6.01. The van der Waals surface area contributed by atoms with Gasteiger partial charge in [-0.05, 0) is 93.7 Å². The van der Waals surface area contributed by atoms with Crippen molar-refractivity contribution in [1.82, 2.24) is 4.90 Å². The Balaban J connectivity index is 1.35. The zero-order valence-electron chi connectivity index (χ0n) is 27.6. The van der Waals surface area contributed by atoms with Gasteiger partial charge in [-0.2, -0.15) is 0 Å². The Morgan fingerprint density at radius 3 is 2.45 bits per heavy atom. The van der Waals surface area contributed by atoms with Crippen LogP contribution < -0.4 is 14.5 Å². The number of unbranched alkanes of at least 4 members (excludes halogenated alkanes) is 1. The van der Waals surface area contributed by atoms with Gasteiger partial charge >= 0.3 is 6.09 Å². The lowest BCUT2D eigenvalue weighted by Crippen LogP contribution is -2.51. The predicted molar refractivity (Wildman–Crippen MR) is 182 cm³/mol. The molecule has 2 aliphatic heterocycles. The second-order valence-electron chi connectivity index (χ2n) is 13.8. The molecule has 248 valence electrons. The van der Waals surface area contributed by atoms with Crippen molar-refractivity contribution in [3.8, 4) is 16.9 Å². The summed E-state index contributed by atoms with van der Waals surface area (Å²) in [6.07, 6.45) is 3.23.